The number of carbonyl (C=O) groups is 3. The van der Waals surface area contributed by atoms with Crippen molar-refractivity contribution in [2.75, 3.05) is 0 Å². The van der Waals surface area contributed by atoms with Crippen LogP contribution >= 0.6 is 11.8 Å². The molecule has 1 aromatic heterocycles. The first-order valence-electron chi connectivity index (χ1n) is 10.6. The summed E-state index contributed by atoms with van der Waals surface area (Å²) in [6.07, 6.45) is -1.05. The number of H-pyrrole nitrogens is 1. The first-order chi connectivity index (χ1) is 16.6. The van der Waals surface area contributed by atoms with Crippen molar-refractivity contribution in [1.29, 1.82) is 0 Å². The van der Waals surface area contributed by atoms with Crippen LogP contribution in [0, 0.1) is 23.0 Å². The van der Waals surface area contributed by atoms with Gasteiger partial charge in [0.1, 0.15) is 24.2 Å². The van der Waals surface area contributed by atoms with E-state index in [0.29, 0.717) is 27.9 Å². The van der Waals surface area contributed by atoms with Crippen LogP contribution in [-0.4, -0.2) is 60.3 Å². The highest BCUT2D eigenvalue weighted by Gasteiger charge is 2.55. The number of thioether (sulfide) groups is 1. The summed E-state index contributed by atoms with van der Waals surface area (Å²) in [5.74, 6) is -1.46. The molecule has 2 aromatic rings. The molecule has 2 N–H and O–H groups in total. The van der Waals surface area contributed by atoms with Gasteiger partial charge >= 0.3 is 12.1 Å². The first kappa shape index (κ1) is 24.2. The molecule has 14 heteroatoms. The lowest BCUT2D eigenvalue weighted by molar-refractivity contribution is -0.384. The van der Waals surface area contributed by atoms with Gasteiger partial charge < -0.3 is 19.5 Å². The number of β-lactam (4-membered cyclic amide) rings is 1. The maximum Gasteiger partial charge on any atom is 0.508 e. The molecule has 1 fully saturated rings. The van der Waals surface area contributed by atoms with Gasteiger partial charge in [0.25, 0.3) is 5.69 Å². The molecular weight excluding hydrogens is 482 g/mol. The lowest BCUT2D eigenvalue weighted by Gasteiger charge is -2.43. The van der Waals surface area contributed by atoms with Gasteiger partial charge in [0.2, 0.25) is 11.1 Å². The van der Waals surface area contributed by atoms with Crippen molar-refractivity contribution in [3.63, 3.8) is 0 Å². The van der Waals surface area contributed by atoms with Crippen molar-refractivity contribution in [1.82, 2.24) is 20.1 Å². The maximum atomic E-state index is 12.7. The van der Waals surface area contributed by atoms with E-state index in [2.05, 4.69) is 15.2 Å². The number of nitro benzene ring substituents is 1. The molecule has 3 heterocycles. The molecule has 2 aliphatic rings. The Bertz CT molecular complexity index is 1210. The van der Waals surface area contributed by atoms with Crippen LogP contribution < -0.4 is 0 Å². The highest BCUT2D eigenvalue weighted by molar-refractivity contribution is 8.03. The Hall–Kier alpha value is -3.94. The fourth-order valence-electron chi connectivity index (χ4n) is 4.04. The molecule has 0 bridgehead atoms. The minimum Gasteiger partial charge on any atom is -0.477 e. The van der Waals surface area contributed by atoms with E-state index in [4.69, 9.17) is 9.47 Å². The molecule has 0 spiro atoms. The number of fused-ring (bicyclic) bond motifs is 1. The summed E-state index contributed by atoms with van der Waals surface area (Å²) in [6, 6.07) is 5.20. The largest absolute Gasteiger partial charge is 0.508 e. The lowest BCUT2D eigenvalue weighted by atomic mass is 9.83. The number of aromatic amines is 1. The van der Waals surface area contributed by atoms with E-state index >= 15 is 0 Å². The van der Waals surface area contributed by atoms with Crippen molar-refractivity contribution < 1.29 is 33.9 Å². The van der Waals surface area contributed by atoms with Gasteiger partial charge in [-0.25, -0.2) is 14.6 Å². The van der Waals surface area contributed by atoms with Gasteiger partial charge in [-0.05, 0) is 38.0 Å². The zero-order chi connectivity index (χ0) is 25.3. The van der Waals surface area contributed by atoms with Crippen LogP contribution in [0.4, 0.5) is 10.5 Å². The number of benzene rings is 1. The van der Waals surface area contributed by atoms with Crippen LogP contribution in [0.1, 0.15) is 31.2 Å². The summed E-state index contributed by atoms with van der Waals surface area (Å²) in [6.45, 7) is 3.22. The lowest BCUT2D eigenvalue weighted by Crippen LogP contribution is -2.59. The molecule has 1 aromatic carbocycles. The van der Waals surface area contributed by atoms with E-state index in [0.717, 1.165) is 11.8 Å². The summed E-state index contributed by atoms with van der Waals surface area (Å²) in [4.78, 5) is 52.7. The molecule has 1 saturated heterocycles. The number of hydrogen-bond donors (Lipinski definition) is 2. The van der Waals surface area contributed by atoms with Crippen LogP contribution in [0.25, 0.3) is 0 Å². The van der Waals surface area contributed by atoms with Crippen LogP contribution in [-0.2, 0) is 25.7 Å². The summed E-state index contributed by atoms with van der Waals surface area (Å²) >= 11 is 1.11. The molecule has 0 aliphatic carbocycles. The Morgan fingerprint density at radius 3 is 2.69 bits per heavy atom. The Kier molecular flexibility index (Phi) is 6.73. The normalized spacial score (nSPS) is 19.7. The number of carboxylic acids is 1. The predicted molar refractivity (Wildman–Crippen MR) is 119 cm³/mol. The van der Waals surface area contributed by atoms with E-state index in [1.165, 1.54) is 29.2 Å². The molecule has 13 nitrogen and oxygen atoms in total. The monoisotopic (exact) mass is 503 g/mol. The summed E-state index contributed by atoms with van der Waals surface area (Å²) < 4.78 is 10.3. The Morgan fingerprint density at radius 1 is 1.37 bits per heavy atom. The number of nitrogens with one attached hydrogen (secondary N) is 1. The first-order valence-corrected chi connectivity index (χ1v) is 11.4. The number of hydrogen-bond acceptors (Lipinski definition) is 10. The van der Waals surface area contributed by atoms with Crippen molar-refractivity contribution in [2.45, 2.75) is 50.6 Å². The Balaban J connectivity index is 1.30. The SMILES string of the molecule is Cc1nc(SC2=C(C(=O)O)N3C(=O)[C@H](CC(C)OC(=O)OCc4ccc([N+](=O)[O-])cc4)[C@H]3C2)n[nH]1. The predicted octanol–water partition coefficient (Wildman–Crippen LogP) is 2.77. The summed E-state index contributed by atoms with van der Waals surface area (Å²) in [7, 11) is 0. The molecule has 35 heavy (non-hydrogen) atoms. The third-order valence-corrected chi connectivity index (χ3v) is 6.60. The molecule has 0 saturated carbocycles. The molecule has 184 valence electrons. The molecule has 1 amide bonds. The van der Waals surface area contributed by atoms with Gasteiger partial charge in [0, 0.05) is 23.5 Å². The smallest absolute Gasteiger partial charge is 0.477 e. The third-order valence-electron chi connectivity index (χ3n) is 5.63. The number of aryl methyl sites for hydroxylation is 1. The zero-order valence-electron chi connectivity index (χ0n) is 18.7. The average molecular weight is 503 g/mol. The van der Waals surface area contributed by atoms with Crippen molar-refractivity contribution in [3.05, 3.63) is 56.4 Å². The number of nitrogens with zero attached hydrogens (tertiary/aromatic N) is 4. The Labute approximate surface area is 202 Å². The number of non-ortho nitro benzene ring substituents is 1. The van der Waals surface area contributed by atoms with Crippen LogP contribution in [0.15, 0.2) is 40.0 Å². The second kappa shape index (κ2) is 9.74. The number of amides is 1. The van der Waals surface area contributed by atoms with Crippen molar-refractivity contribution >= 4 is 35.5 Å². The van der Waals surface area contributed by atoms with Crippen molar-refractivity contribution in [2.24, 2.45) is 5.92 Å². The second-order valence-corrected chi connectivity index (χ2v) is 9.16. The summed E-state index contributed by atoms with van der Waals surface area (Å²) in [5.41, 5.74) is 0.406. The molecule has 3 atom stereocenters. The topological polar surface area (TPSA) is 178 Å². The molecule has 1 unspecified atom stereocenters. The van der Waals surface area contributed by atoms with E-state index in [1.807, 2.05) is 0 Å². The van der Waals surface area contributed by atoms with Crippen LogP contribution in [0.2, 0.25) is 0 Å². The van der Waals surface area contributed by atoms with Gasteiger partial charge in [-0.3, -0.25) is 20.0 Å². The van der Waals surface area contributed by atoms with E-state index in [9.17, 15) is 29.6 Å². The van der Waals surface area contributed by atoms with Gasteiger partial charge in [-0.15, -0.1) is 5.10 Å². The number of rotatable bonds is 9. The van der Waals surface area contributed by atoms with Gasteiger partial charge in [-0.2, -0.15) is 0 Å². The summed E-state index contributed by atoms with van der Waals surface area (Å²) in [5, 5.41) is 27.4. The minimum absolute atomic E-state index is 0.0696. The number of nitro groups is 1. The fraction of sp³-hybridized carbons (Fsp3) is 0.381. The van der Waals surface area contributed by atoms with Crippen molar-refractivity contribution in [3.8, 4) is 0 Å². The fourth-order valence-corrected chi connectivity index (χ4v) is 5.07. The maximum absolute atomic E-state index is 12.7. The Morgan fingerprint density at radius 2 is 2.09 bits per heavy atom. The highest BCUT2D eigenvalue weighted by Crippen LogP contribution is 2.48. The number of carbonyl (C=O) groups excluding carboxylic acids is 2. The second-order valence-electron chi connectivity index (χ2n) is 8.09. The minimum atomic E-state index is -1.20. The number of ether oxygens (including phenoxy) is 2. The van der Waals surface area contributed by atoms with Gasteiger partial charge in [0.05, 0.1) is 16.9 Å². The zero-order valence-corrected chi connectivity index (χ0v) is 19.5. The number of aromatic nitrogens is 3. The standard InChI is InChI=1S/C21H21N5O8S/c1-10(34-21(30)33-9-12-3-5-13(6-4-12)26(31)32)7-14-15-8-16(35-20-22-11(2)23-24-20)17(19(28)29)25(15)18(14)27/h3-6,10,14-15H,7-9H2,1-2H3,(H,28,29)(H,22,23,24)/t10?,14-,15-/m1/s1. The average Bonchev–Trinajstić information content (AvgIpc) is 3.37. The molecule has 4 rings (SSSR count). The molecular formula is C21H21N5O8S. The quantitative estimate of drug-likeness (QED) is 0.222. The molecule has 2 aliphatic heterocycles. The van der Waals surface area contributed by atoms with E-state index < -0.39 is 29.1 Å². The van der Waals surface area contributed by atoms with Crippen LogP contribution in [0.5, 0.6) is 0 Å². The van der Waals surface area contributed by atoms with Gasteiger partial charge in [-0.1, -0.05) is 11.8 Å². The number of carboxylic acid groups (broad SMARTS) is 1. The third kappa shape index (κ3) is 5.11. The van der Waals surface area contributed by atoms with E-state index in [1.54, 1.807) is 13.8 Å². The van der Waals surface area contributed by atoms with E-state index in [-0.39, 0.29) is 36.4 Å². The van der Waals surface area contributed by atoms with Gasteiger partial charge in [0.15, 0.2) is 0 Å². The number of aliphatic carboxylic acids is 1. The molecule has 0 radical (unpaired) electrons. The highest BCUT2D eigenvalue weighted by atomic mass is 32.2. The van der Waals surface area contributed by atoms with Crippen LogP contribution in [0.3, 0.4) is 0 Å².